The van der Waals surface area contributed by atoms with Crippen LogP contribution in [0.3, 0.4) is 0 Å². The Labute approximate surface area is 144 Å². The zero-order valence-corrected chi connectivity index (χ0v) is 13.9. The lowest BCUT2D eigenvalue weighted by molar-refractivity contribution is -0.137. The maximum atomic E-state index is 12.7. The Kier molecular flexibility index (Phi) is 7.07. The smallest absolute Gasteiger partial charge is 0.416 e. The summed E-state index contributed by atoms with van der Waals surface area (Å²) in [4.78, 5) is 13.8. The average molecular weight is 360 g/mol. The van der Waals surface area contributed by atoms with Gasteiger partial charge in [0.05, 0.1) is 11.7 Å². The summed E-state index contributed by atoms with van der Waals surface area (Å²) in [5, 5.41) is 0. The number of hydrogen-bond donors (Lipinski definition) is 1. The van der Waals surface area contributed by atoms with Crippen LogP contribution in [0.15, 0.2) is 24.3 Å². The van der Waals surface area contributed by atoms with Crippen LogP contribution in [0.25, 0.3) is 0 Å². The summed E-state index contributed by atoms with van der Waals surface area (Å²) in [5.74, 6) is -0.207. The third-order valence-electron chi connectivity index (χ3n) is 4.02. The van der Waals surface area contributed by atoms with Crippen LogP contribution in [0, 0.1) is 0 Å². The Morgan fingerprint density at radius 2 is 2.00 bits per heavy atom. The highest BCUT2D eigenvalue weighted by Crippen LogP contribution is 2.31. The highest BCUT2D eigenvalue weighted by Gasteiger charge is 2.30. The van der Waals surface area contributed by atoms with Crippen LogP contribution >= 0.6 is 0 Å². The van der Waals surface area contributed by atoms with Crippen LogP contribution in [0.2, 0.25) is 0 Å². The number of likely N-dealkylation sites (tertiary alicyclic amines) is 1. The summed E-state index contributed by atoms with van der Waals surface area (Å²) >= 11 is 0. The van der Waals surface area contributed by atoms with Crippen molar-refractivity contribution in [1.29, 1.82) is 0 Å². The molecular weight excluding hydrogens is 337 g/mol. The molecule has 1 heterocycles. The van der Waals surface area contributed by atoms with Gasteiger partial charge in [-0.25, -0.2) is 0 Å². The predicted octanol–water partition coefficient (Wildman–Crippen LogP) is 2.44. The molecule has 1 aliphatic rings. The van der Waals surface area contributed by atoms with Crippen LogP contribution < -0.4 is 10.5 Å². The molecule has 0 saturated carbocycles. The summed E-state index contributed by atoms with van der Waals surface area (Å²) in [5.41, 5.74) is 4.61. The number of rotatable bonds is 7. The second kappa shape index (κ2) is 9.05. The van der Waals surface area contributed by atoms with E-state index in [0.29, 0.717) is 26.2 Å². The average Bonchev–Trinajstić information content (AvgIpc) is 2.60. The summed E-state index contributed by atoms with van der Waals surface area (Å²) < 4.78 is 48.9. The molecule has 1 aliphatic heterocycles. The molecule has 1 fully saturated rings. The van der Waals surface area contributed by atoms with Gasteiger partial charge in [0.2, 0.25) is 0 Å². The highest BCUT2D eigenvalue weighted by molar-refractivity contribution is 5.77. The number of hydrogen-bond acceptors (Lipinski definition) is 4. The van der Waals surface area contributed by atoms with Gasteiger partial charge in [0, 0.05) is 19.7 Å². The number of amides is 1. The van der Waals surface area contributed by atoms with E-state index in [1.807, 2.05) is 0 Å². The van der Waals surface area contributed by atoms with Crippen molar-refractivity contribution in [1.82, 2.24) is 4.90 Å². The van der Waals surface area contributed by atoms with Crippen molar-refractivity contribution in [3.05, 3.63) is 29.8 Å². The zero-order valence-electron chi connectivity index (χ0n) is 13.9. The first-order valence-corrected chi connectivity index (χ1v) is 8.29. The van der Waals surface area contributed by atoms with Crippen molar-refractivity contribution in [2.75, 3.05) is 32.8 Å². The normalized spacial score (nSPS) is 16.1. The first-order valence-electron chi connectivity index (χ1n) is 8.29. The number of ether oxygens (including phenoxy) is 2. The molecule has 0 radical (unpaired) electrons. The number of benzene rings is 1. The number of carbonyl (C=O) groups is 1. The number of nitrogens with two attached hydrogens (primary N) is 1. The lowest BCUT2D eigenvalue weighted by Gasteiger charge is -2.32. The second-order valence-corrected chi connectivity index (χ2v) is 5.91. The SMILES string of the molecule is NCCCOC1CCN(C(=O)COc2cccc(C(F)(F)F)c2)CC1. The number of piperidine rings is 1. The Morgan fingerprint density at radius 3 is 2.64 bits per heavy atom. The molecule has 2 rings (SSSR count). The Balaban J connectivity index is 1.76. The van der Waals surface area contributed by atoms with Crippen molar-refractivity contribution >= 4 is 5.91 Å². The quantitative estimate of drug-likeness (QED) is 0.759. The van der Waals surface area contributed by atoms with Gasteiger partial charge in [0.25, 0.3) is 5.91 Å². The third-order valence-corrected chi connectivity index (χ3v) is 4.02. The largest absolute Gasteiger partial charge is 0.484 e. The van der Waals surface area contributed by atoms with Crippen molar-refractivity contribution in [3.63, 3.8) is 0 Å². The molecule has 140 valence electrons. The van der Waals surface area contributed by atoms with Gasteiger partial charge in [0.15, 0.2) is 6.61 Å². The topological polar surface area (TPSA) is 64.8 Å². The molecular formula is C17H23F3N2O3. The number of halogens is 3. The van der Waals surface area contributed by atoms with E-state index >= 15 is 0 Å². The fourth-order valence-electron chi connectivity index (χ4n) is 2.60. The number of carbonyl (C=O) groups excluding carboxylic acids is 1. The fraction of sp³-hybridized carbons (Fsp3) is 0.588. The number of alkyl halides is 3. The molecule has 25 heavy (non-hydrogen) atoms. The molecule has 0 unspecified atom stereocenters. The van der Waals surface area contributed by atoms with Gasteiger partial charge in [-0.15, -0.1) is 0 Å². The molecule has 1 amide bonds. The lowest BCUT2D eigenvalue weighted by Crippen LogP contribution is -2.43. The number of nitrogens with zero attached hydrogens (tertiary/aromatic N) is 1. The fourth-order valence-corrected chi connectivity index (χ4v) is 2.60. The van der Waals surface area contributed by atoms with Crippen molar-refractivity contribution in [2.24, 2.45) is 5.73 Å². The van der Waals surface area contributed by atoms with Gasteiger partial charge in [-0.2, -0.15) is 13.2 Å². The Bertz CT molecular complexity index is 558. The molecule has 2 N–H and O–H groups in total. The van der Waals surface area contributed by atoms with Crippen LogP contribution in [0.4, 0.5) is 13.2 Å². The summed E-state index contributed by atoms with van der Waals surface area (Å²) in [7, 11) is 0. The van der Waals surface area contributed by atoms with Gasteiger partial charge in [-0.3, -0.25) is 4.79 Å². The van der Waals surface area contributed by atoms with E-state index in [2.05, 4.69) is 0 Å². The van der Waals surface area contributed by atoms with E-state index in [0.717, 1.165) is 31.4 Å². The van der Waals surface area contributed by atoms with Crippen molar-refractivity contribution < 1.29 is 27.4 Å². The maximum Gasteiger partial charge on any atom is 0.416 e. The third kappa shape index (κ3) is 6.21. The van der Waals surface area contributed by atoms with E-state index in [4.69, 9.17) is 15.2 Å². The van der Waals surface area contributed by atoms with Gasteiger partial charge in [-0.05, 0) is 44.0 Å². The van der Waals surface area contributed by atoms with Crippen LogP contribution in [-0.4, -0.2) is 49.8 Å². The summed E-state index contributed by atoms with van der Waals surface area (Å²) in [6.45, 7) is 2.04. The minimum Gasteiger partial charge on any atom is -0.484 e. The predicted molar refractivity (Wildman–Crippen MR) is 86.2 cm³/mol. The molecule has 5 nitrogen and oxygen atoms in total. The zero-order chi connectivity index (χ0) is 18.3. The first-order chi connectivity index (χ1) is 11.9. The van der Waals surface area contributed by atoms with E-state index < -0.39 is 11.7 Å². The molecule has 0 spiro atoms. The van der Waals surface area contributed by atoms with Gasteiger partial charge < -0.3 is 20.1 Å². The molecule has 1 aromatic rings. The Morgan fingerprint density at radius 1 is 1.28 bits per heavy atom. The van der Waals surface area contributed by atoms with Gasteiger partial charge in [-0.1, -0.05) is 6.07 Å². The molecule has 0 atom stereocenters. The van der Waals surface area contributed by atoms with Gasteiger partial charge in [0.1, 0.15) is 5.75 Å². The molecule has 1 saturated heterocycles. The van der Waals surface area contributed by atoms with Crippen LogP contribution in [0.1, 0.15) is 24.8 Å². The highest BCUT2D eigenvalue weighted by atomic mass is 19.4. The first kappa shape index (κ1) is 19.5. The lowest BCUT2D eigenvalue weighted by atomic mass is 10.1. The Hall–Kier alpha value is -1.80. The van der Waals surface area contributed by atoms with Gasteiger partial charge >= 0.3 is 6.18 Å². The minimum atomic E-state index is -4.44. The molecule has 0 bridgehead atoms. The second-order valence-electron chi connectivity index (χ2n) is 5.91. The van der Waals surface area contributed by atoms with E-state index in [-0.39, 0.29) is 24.4 Å². The standard InChI is InChI=1S/C17H23F3N2O3/c18-17(19,20)13-3-1-4-15(11-13)25-12-16(23)22-8-5-14(6-9-22)24-10-2-7-21/h1,3-4,11,14H,2,5-10,12,21H2. The summed E-state index contributed by atoms with van der Waals surface area (Å²) in [6, 6.07) is 4.52. The summed E-state index contributed by atoms with van der Waals surface area (Å²) in [6.07, 6.45) is -2.03. The molecule has 8 heteroatoms. The monoisotopic (exact) mass is 360 g/mol. The molecule has 0 aromatic heterocycles. The van der Waals surface area contributed by atoms with Crippen molar-refractivity contribution in [2.45, 2.75) is 31.5 Å². The van der Waals surface area contributed by atoms with Crippen LogP contribution in [-0.2, 0) is 15.7 Å². The maximum absolute atomic E-state index is 12.7. The van der Waals surface area contributed by atoms with E-state index in [1.165, 1.54) is 12.1 Å². The van der Waals surface area contributed by atoms with Crippen molar-refractivity contribution in [3.8, 4) is 5.75 Å². The van der Waals surface area contributed by atoms with Crippen LogP contribution in [0.5, 0.6) is 5.75 Å². The minimum absolute atomic E-state index is 0.0307. The van der Waals surface area contributed by atoms with E-state index in [9.17, 15) is 18.0 Å². The molecule has 1 aromatic carbocycles. The molecule has 0 aliphatic carbocycles. The van der Waals surface area contributed by atoms with E-state index in [1.54, 1.807) is 4.90 Å².